The molecule has 0 spiro atoms. The fraction of sp³-hybridized carbons (Fsp3) is 0.250. The van der Waals surface area contributed by atoms with Gasteiger partial charge in [-0.3, -0.25) is 10.7 Å². The first-order valence-electron chi connectivity index (χ1n) is 3.59. The van der Waals surface area contributed by atoms with E-state index in [9.17, 15) is 5.21 Å². The molecule has 4 heteroatoms. The number of aryl methyl sites for hydroxylation is 1. The van der Waals surface area contributed by atoms with Gasteiger partial charge in [0, 0.05) is 0 Å². The lowest BCUT2D eigenvalue weighted by atomic mass is 10.2. The molecule has 0 aromatic heterocycles. The van der Waals surface area contributed by atoms with Crippen LogP contribution in [0.15, 0.2) is 24.3 Å². The molecule has 1 aromatic rings. The van der Waals surface area contributed by atoms with Crippen molar-refractivity contribution in [3.8, 4) is 0 Å². The minimum absolute atomic E-state index is 0.0418. The minimum Gasteiger partial charge on any atom is -0.748 e. The summed E-state index contributed by atoms with van der Waals surface area (Å²) >= 11 is 0. The summed E-state index contributed by atoms with van der Waals surface area (Å²) in [5.41, 5.74) is 2.09. The van der Waals surface area contributed by atoms with Crippen LogP contribution in [-0.4, -0.2) is 5.34 Å². The highest BCUT2D eigenvalue weighted by molar-refractivity contribution is 5.20. The fourth-order valence-electron chi connectivity index (χ4n) is 0.822. The summed E-state index contributed by atoms with van der Waals surface area (Å²) < 4.78 is 0. The molecule has 0 saturated carbocycles. The van der Waals surface area contributed by atoms with E-state index < -0.39 is 0 Å². The molecule has 0 aliphatic heterocycles. The SMILES string of the molecule is Cc1ccc(CON(N)[O-])cc1. The van der Waals surface area contributed by atoms with Crippen LogP contribution in [0.2, 0.25) is 0 Å². The van der Waals surface area contributed by atoms with E-state index in [1.807, 2.05) is 31.2 Å². The zero-order valence-electron chi connectivity index (χ0n) is 6.86. The maximum atomic E-state index is 10.2. The third-order valence-electron chi connectivity index (χ3n) is 1.48. The molecule has 0 fully saturated rings. The standard InChI is InChI=1S/C8H11N2O2/c1-7-2-4-8(5-3-7)6-12-10(9)11/h2-5H,6,9H2,1H3/q-1. The predicted molar refractivity (Wildman–Crippen MR) is 45.4 cm³/mol. The number of nitrogens with two attached hydrogens (primary N) is 1. The van der Waals surface area contributed by atoms with Gasteiger partial charge >= 0.3 is 0 Å². The lowest BCUT2D eigenvalue weighted by Crippen LogP contribution is -2.23. The number of benzene rings is 1. The van der Waals surface area contributed by atoms with Gasteiger partial charge in [0.2, 0.25) is 0 Å². The summed E-state index contributed by atoms with van der Waals surface area (Å²) in [5.74, 6) is 4.73. The van der Waals surface area contributed by atoms with Crippen LogP contribution in [0.5, 0.6) is 0 Å². The molecule has 0 unspecified atom stereocenters. The Morgan fingerprint density at radius 3 is 2.50 bits per heavy atom. The van der Waals surface area contributed by atoms with Crippen LogP contribution in [0.25, 0.3) is 0 Å². The molecular weight excluding hydrogens is 156 g/mol. The van der Waals surface area contributed by atoms with Gasteiger partial charge in [-0.05, 0) is 12.5 Å². The normalized spacial score (nSPS) is 10.7. The lowest BCUT2D eigenvalue weighted by molar-refractivity contribution is -0.134. The third kappa shape index (κ3) is 2.98. The molecule has 0 atom stereocenters. The van der Waals surface area contributed by atoms with E-state index >= 15 is 0 Å². The fourth-order valence-corrected chi connectivity index (χ4v) is 0.822. The number of nitrogens with zero attached hydrogens (tertiary/aromatic N) is 1. The van der Waals surface area contributed by atoms with Crippen LogP contribution < -0.4 is 5.84 Å². The minimum atomic E-state index is -0.0418. The van der Waals surface area contributed by atoms with Crippen LogP contribution in [0.4, 0.5) is 0 Å². The van der Waals surface area contributed by atoms with E-state index in [-0.39, 0.29) is 11.9 Å². The Bertz CT molecular complexity index is 233. The van der Waals surface area contributed by atoms with Crippen LogP contribution >= 0.6 is 0 Å². The van der Waals surface area contributed by atoms with Gasteiger partial charge in [-0.25, -0.2) is 0 Å². The van der Waals surface area contributed by atoms with Crippen molar-refractivity contribution in [3.05, 3.63) is 40.6 Å². The van der Waals surface area contributed by atoms with Gasteiger partial charge in [0.1, 0.15) is 0 Å². The maximum Gasteiger partial charge on any atom is 0.0940 e. The average molecular weight is 167 g/mol. The summed E-state index contributed by atoms with van der Waals surface area (Å²) in [4.78, 5) is 4.52. The molecule has 66 valence electrons. The Morgan fingerprint density at radius 2 is 2.00 bits per heavy atom. The predicted octanol–water partition coefficient (Wildman–Crippen LogP) is 1.10. The number of hydrogen-bond donors (Lipinski definition) is 1. The van der Waals surface area contributed by atoms with Gasteiger partial charge in [-0.1, -0.05) is 29.8 Å². The molecule has 0 aliphatic carbocycles. The van der Waals surface area contributed by atoms with Crippen LogP contribution in [0.1, 0.15) is 11.1 Å². The number of hydrogen-bond acceptors (Lipinski definition) is 4. The topological polar surface area (TPSA) is 61.5 Å². The van der Waals surface area contributed by atoms with E-state index in [4.69, 9.17) is 5.84 Å². The molecule has 4 nitrogen and oxygen atoms in total. The summed E-state index contributed by atoms with van der Waals surface area (Å²) in [5, 5.41) is 10.1. The Labute approximate surface area is 71.0 Å². The molecule has 0 amide bonds. The van der Waals surface area contributed by atoms with E-state index in [1.54, 1.807) is 0 Å². The first kappa shape index (κ1) is 9.15. The van der Waals surface area contributed by atoms with E-state index in [1.165, 1.54) is 5.56 Å². The Balaban J connectivity index is 2.48. The summed E-state index contributed by atoms with van der Waals surface area (Å²) in [6.07, 6.45) is 0. The highest BCUT2D eigenvalue weighted by Gasteiger charge is 1.91. The number of hydrazine groups is 1. The monoisotopic (exact) mass is 167 g/mol. The molecule has 0 saturated heterocycles. The maximum absolute atomic E-state index is 10.2. The summed E-state index contributed by atoms with van der Waals surface area (Å²) in [7, 11) is 0. The quantitative estimate of drug-likeness (QED) is 0.541. The number of rotatable bonds is 3. The summed E-state index contributed by atoms with van der Waals surface area (Å²) in [6, 6.07) is 7.67. The second-order valence-corrected chi connectivity index (χ2v) is 2.54. The van der Waals surface area contributed by atoms with Gasteiger partial charge in [0.05, 0.1) is 6.61 Å². The zero-order valence-corrected chi connectivity index (χ0v) is 6.86. The van der Waals surface area contributed by atoms with Crippen LogP contribution in [0, 0.1) is 12.1 Å². The van der Waals surface area contributed by atoms with E-state index in [0.717, 1.165) is 5.56 Å². The molecule has 1 aromatic carbocycles. The van der Waals surface area contributed by atoms with Crippen molar-refractivity contribution in [1.29, 1.82) is 0 Å². The van der Waals surface area contributed by atoms with Crippen LogP contribution in [-0.2, 0) is 11.4 Å². The van der Waals surface area contributed by atoms with Crippen LogP contribution in [0.3, 0.4) is 0 Å². The smallest absolute Gasteiger partial charge is 0.0940 e. The van der Waals surface area contributed by atoms with Gasteiger partial charge < -0.3 is 5.21 Å². The average Bonchev–Trinajstić information content (AvgIpc) is 2.03. The van der Waals surface area contributed by atoms with Gasteiger partial charge in [-0.2, -0.15) is 5.34 Å². The van der Waals surface area contributed by atoms with Crippen molar-refractivity contribution < 1.29 is 4.84 Å². The molecule has 12 heavy (non-hydrogen) atoms. The van der Waals surface area contributed by atoms with Gasteiger partial charge in [0.25, 0.3) is 0 Å². The second-order valence-electron chi connectivity index (χ2n) is 2.54. The Morgan fingerprint density at radius 1 is 1.42 bits per heavy atom. The second kappa shape index (κ2) is 4.18. The highest BCUT2D eigenvalue weighted by atomic mass is 16.9. The van der Waals surface area contributed by atoms with Crippen molar-refractivity contribution in [3.63, 3.8) is 0 Å². The van der Waals surface area contributed by atoms with Crippen molar-refractivity contribution in [2.75, 3.05) is 0 Å². The summed E-state index contributed by atoms with van der Waals surface area (Å²) in [6.45, 7) is 2.20. The first-order valence-corrected chi connectivity index (χ1v) is 3.59. The Hall–Kier alpha value is -0.940. The van der Waals surface area contributed by atoms with Crippen molar-refractivity contribution >= 4 is 0 Å². The lowest BCUT2D eigenvalue weighted by Gasteiger charge is -2.19. The van der Waals surface area contributed by atoms with E-state index in [2.05, 4.69) is 4.84 Å². The largest absolute Gasteiger partial charge is 0.748 e. The molecule has 0 heterocycles. The third-order valence-corrected chi connectivity index (χ3v) is 1.48. The molecule has 1 rings (SSSR count). The molecule has 0 aliphatic rings. The zero-order chi connectivity index (χ0) is 8.97. The van der Waals surface area contributed by atoms with Crippen molar-refractivity contribution in [2.24, 2.45) is 5.84 Å². The van der Waals surface area contributed by atoms with Gasteiger partial charge in [0.15, 0.2) is 0 Å². The first-order chi connectivity index (χ1) is 5.68. The van der Waals surface area contributed by atoms with Gasteiger partial charge in [-0.15, -0.1) is 0 Å². The Kier molecular flexibility index (Phi) is 3.19. The highest BCUT2D eigenvalue weighted by Crippen LogP contribution is 2.04. The van der Waals surface area contributed by atoms with E-state index in [0.29, 0.717) is 0 Å². The van der Waals surface area contributed by atoms with Crippen molar-refractivity contribution in [1.82, 2.24) is 5.34 Å². The van der Waals surface area contributed by atoms with Crippen molar-refractivity contribution in [2.45, 2.75) is 13.5 Å². The molecule has 2 N–H and O–H groups in total. The molecule has 0 radical (unpaired) electrons. The molecule has 0 bridgehead atoms. The molecular formula is C8H11N2O2-.